The Labute approximate surface area is 108 Å². The van der Waals surface area contributed by atoms with Gasteiger partial charge in [-0.15, -0.1) is 0 Å². The number of nitriles is 2. The summed E-state index contributed by atoms with van der Waals surface area (Å²) in [5.41, 5.74) is 2.83. The summed E-state index contributed by atoms with van der Waals surface area (Å²) in [6.07, 6.45) is 5.89. The fraction of sp³-hybridized carbons (Fsp3) is 0.200. The Morgan fingerprint density at radius 2 is 1.67 bits per heavy atom. The van der Waals surface area contributed by atoms with E-state index in [1.54, 1.807) is 18.2 Å². The molecule has 1 aromatic rings. The standard InChI is InChI=1S/C13H9N3.C2H6/c14-8-10-5-11(9-15)7-12(6-10)13-3-1-2-4-16-13;1-2/h1-3,5-7,16H,4H2;1-2H3. The minimum absolute atomic E-state index is 0.506. The molecule has 90 valence electrons. The highest BCUT2D eigenvalue weighted by molar-refractivity contribution is 5.69. The number of dihydropyridines is 1. The molecule has 0 fully saturated rings. The second-order valence-electron chi connectivity index (χ2n) is 3.41. The number of rotatable bonds is 1. The van der Waals surface area contributed by atoms with E-state index in [2.05, 4.69) is 17.5 Å². The van der Waals surface area contributed by atoms with Crippen molar-refractivity contribution in [1.29, 1.82) is 10.5 Å². The van der Waals surface area contributed by atoms with Crippen molar-refractivity contribution in [3.05, 3.63) is 53.1 Å². The van der Waals surface area contributed by atoms with E-state index in [1.807, 2.05) is 32.1 Å². The van der Waals surface area contributed by atoms with Crippen LogP contribution in [0.5, 0.6) is 0 Å². The molecule has 3 heteroatoms. The van der Waals surface area contributed by atoms with Crippen LogP contribution in [0.1, 0.15) is 30.5 Å². The maximum Gasteiger partial charge on any atom is 0.0992 e. The Hall–Kier alpha value is -2.52. The average molecular weight is 237 g/mol. The summed E-state index contributed by atoms with van der Waals surface area (Å²) >= 11 is 0. The molecular formula is C15H15N3. The molecule has 0 unspecified atom stereocenters. The van der Waals surface area contributed by atoms with Crippen LogP contribution in [0.4, 0.5) is 0 Å². The number of hydrogen-bond donors (Lipinski definition) is 1. The second-order valence-corrected chi connectivity index (χ2v) is 3.41. The quantitative estimate of drug-likeness (QED) is 0.816. The summed E-state index contributed by atoms with van der Waals surface area (Å²) < 4.78 is 0. The largest absolute Gasteiger partial charge is 0.381 e. The first-order valence-corrected chi connectivity index (χ1v) is 5.90. The topological polar surface area (TPSA) is 59.6 Å². The van der Waals surface area contributed by atoms with Crippen LogP contribution in [0.2, 0.25) is 0 Å². The van der Waals surface area contributed by atoms with Gasteiger partial charge in [0.05, 0.1) is 23.3 Å². The third-order valence-electron chi connectivity index (χ3n) is 2.31. The van der Waals surface area contributed by atoms with Crippen LogP contribution in [0, 0.1) is 22.7 Å². The molecule has 0 aliphatic carbocycles. The van der Waals surface area contributed by atoms with Gasteiger partial charge in [0.25, 0.3) is 0 Å². The first-order valence-electron chi connectivity index (χ1n) is 5.90. The smallest absolute Gasteiger partial charge is 0.0992 e. The van der Waals surface area contributed by atoms with Crippen molar-refractivity contribution in [2.45, 2.75) is 13.8 Å². The van der Waals surface area contributed by atoms with Crippen LogP contribution in [-0.2, 0) is 0 Å². The molecule has 3 nitrogen and oxygen atoms in total. The van der Waals surface area contributed by atoms with E-state index < -0.39 is 0 Å². The first kappa shape index (κ1) is 13.5. The van der Waals surface area contributed by atoms with Gasteiger partial charge in [0.1, 0.15) is 0 Å². The lowest BCUT2D eigenvalue weighted by Gasteiger charge is -2.12. The molecule has 1 heterocycles. The molecular weight excluding hydrogens is 222 g/mol. The number of hydrogen-bond acceptors (Lipinski definition) is 3. The molecule has 18 heavy (non-hydrogen) atoms. The summed E-state index contributed by atoms with van der Waals surface area (Å²) in [6.45, 7) is 4.77. The van der Waals surface area contributed by atoms with Gasteiger partial charge in [0.2, 0.25) is 0 Å². The van der Waals surface area contributed by atoms with Crippen molar-refractivity contribution in [1.82, 2.24) is 5.32 Å². The molecule has 0 spiro atoms. The van der Waals surface area contributed by atoms with Gasteiger partial charge < -0.3 is 5.32 Å². The van der Waals surface area contributed by atoms with Gasteiger partial charge in [-0.25, -0.2) is 0 Å². The molecule has 1 N–H and O–H groups in total. The fourth-order valence-corrected chi connectivity index (χ4v) is 1.57. The predicted molar refractivity (Wildman–Crippen MR) is 72.3 cm³/mol. The van der Waals surface area contributed by atoms with Gasteiger partial charge in [-0.05, 0) is 24.3 Å². The van der Waals surface area contributed by atoms with Crippen molar-refractivity contribution in [3.63, 3.8) is 0 Å². The third kappa shape index (κ3) is 3.23. The number of nitrogens with one attached hydrogen (secondary N) is 1. The van der Waals surface area contributed by atoms with Crippen LogP contribution < -0.4 is 5.32 Å². The number of nitrogens with zero attached hydrogens (tertiary/aromatic N) is 2. The van der Waals surface area contributed by atoms with Crippen LogP contribution in [0.15, 0.2) is 36.4 Å². The van der Waals surface area contributed by atoms with Crippen LogP contribution >= 0.6 is 0 Å². The van der Waals surface area contributed by atoms with Gasteiger partial charge in [0, 0.05) is 17.8 Å². The Morgan fingerprint density at radius 3 is 2.11 bits per heavy atom. The molecule has 0 radical (unpaired) electrons. The average Bonchev–Trinajstić information content (AvgIpc) is 2.49. The maximum atomic E-state index is 8.87. The Morgan fingerprint density at radius 1 is 1.06 bits per heavy atom. The minimum Gasteiger partial charge on any atom is -0.381 e. The summed E-state index contributed by atoms with van der Waals surface area (Å²) in [5, 5.41) is 20.9. The van der Waals surface area contributed by atoms with Crippen molar-refractivity contribution in [2.24, 2.45) is 0 Å². The molecule has 0 saturated carbocycles. The van der Waals surface area contributed by atoms with E-state index in [1.165, 1.54) is 0 Å². The van der Waals surface area contributed by atoms with E-state index >= 15 is 0 Å². The summed E-state index contributed by atoms with van der Waals surface area (Å²) in [4.78, 5) is 0. The van der Waals surface area contributed by atoms with Gasteiger partial charge >= 0.3 is 0 Å². The van der Waals surface area contributed by atoms with Gasteiger partial charge in [-0.1, -0.05) is 26.0 Å². The Kier molecular flexibility index (Phi) is 5.22. The lowest BCUT2D eigenvalue weighted by atomic mass is 10.0. The van der Waals surface area contributed by atoms with Crippen LogP contribution in [0.3, 0.4) is 0 Å². The van der Waals surface area contributed by atoms with E-state index in [-0.39, 0.29) is 0 Å². The predicted octanol–water partition coefficient (Wildman–Crippen LogP) is 2.96. The SMILES string of the molecule is CC.N#Cc1cc(C#N)cc(C2=CC=CCN2)c1. The molecule has 0 aromatic heterocycles. The molecule has 0 bridgehead atoms. The third-order valence-corrected chi connectivity index (χ3v) is 2.31. The molecule has 0 atom stereocenters. The van der Waals surface area contributed by atoms with E-state index in [9.17, 15) is 0 Å². The Bertz CT molecular complexity index is 522. The minimum atomic E-state index is 0.506. The molecule has 1 aromatic carbocycles. The number of allylic oxidation sites excluding steroid dienone is 2. The molecule has 0 saturated heterocycles. The highest BCUT2D eigenvalue weighted by Crippen LogP contribution is 2.17. The van der Waals surface area contributed by atoms with E-state index in [0.717, 1.165) is 17.8 Å². The van der Waals surface area contributed by atoms with E-state index in [0.29, 0.717) is 11.1 Å². The molecule has 1 aliphatic rings. The first-order chi connectivity index (χ1) is 8.83. The normalized spacial score (nSPS) is 12.1. The summed E-state index contributed by atoms with van der Waals surface area (Å²) in [5.74, 6) is 0. The zero-order chi connectivity index (χ0) is 13.4. The van der Waals surface area contributed by atoms with Crippen molar-refractivity contribution >= 4 is 5.70 Å². The van der Waals surface area contributed by atoms with Crippen LogP contribution in [-0.4, -0.2) is 6.54 Å². The molecule has 1 aliphatic heterocycles. The maximum absolute atomic E-state index is 8.87. The van der Waals surface area contributed by atoms with Crippen LogP contribution in [0.25, 0.3) is 5.70 Å². The lowest BCUT2D eigenvalue weighted by molar-refractivity contribution is 0.995. The van der Waals surface area contributed by atoms with Crippen molar-refractivity contribution in [3.8, 4) is 12.1 Å². The summed E-state index contributed by atoms with van der Waals surface area (Å²) in [6, 6.07) is 9.25. The molecule has 2 rings (SSSR count). The molecule has 0 amide bonds. The van der Waals surface area contributed by atoms with Gasteiger partial charge in [-0.3, -0.25) is 0 Å². The highest BCUT2D eigenvalue weighted by Gasteiger charge is 2.05. The zero-order valence-corrected chi connectivity index (χ0v) is 10.6. The highest BCUT2D eigenvalue weighted by atomic mass is 14.9. The van der Waals surface area contributed by atoms with Gasteiger partial charge in [0.15, 0.2) is 0 Å². The zero-order valence-electron chi connectivity index (χ0n) is 10.6. The lowest BCUT2D eigenvalue weighted by Crippen LogP contribution is -2.14. The fourth-order valence-electron chi connectivity index (χ4n) is 1.57. The Balaban J connectivity index is 0.000000771. The van der Waals surface area contributed by atoms with E-state index in [4.69, 9.17) is 10.5 Å². The number of benzene rings is 1. The van der Waals surface area contributed by atoms with Crippen molar-refractivity contribution in [2.75, 3.05) is 6.54 Å². The summed E-state index contributed by atoms with van der Waals surface area (Å²) in [7, 11) is 0. The monoisotopic (exact) mass is 237 g/mol. The van der Waals surface area contributed by atoms with Gasteiger partial charge in [-0.2, -0.15) is 10.5 Å². The van der Waals surface area contributed by atoms with Crippen molar-refractivity contribution < 1.29 is 0 Å². The second kappa shape index (κ2) is 6.93.